The van der Waals surface area contributed by atoms with E-state index in [9.17, 15) is 4.79 Å². The Morgan fingerprint density at radius 1 is 1.04 bits per heavy atom. The van der Waals surface area contributed by atoms with E-state index in [4.69, 9.17) is 21.1 Å². The van der Waals surface area contributed by atoms with E-state index in [2.05, 4.69) is 32.9 Å². The van der Waals surface area contributed by atoms with Crippen molar-refractivity contribution in [2.24, 2.45) is 0 Å². The summed E-state index contributed by atoms with van der Waals surface area (Å²) in [5.74, 6) is 0.184. The van der Waals surface area contributed by atoms with E-state index in [0.29, 0.717) is 10.8 Å². The Labute approximate surface area is 148 Å². The summed E-state index contributed by atoms with van der Waals surface area (Å²) in [4.78, 5) is 12.0. The average Bonchev–Trinajstić information content (AvgIpc) is 2.54. The third-order valence-electron chi connectivity index (χ3n) is 3.66. The zero-order chi connectivity index (χ0) is 17.7. The van der Waals surface area contributed by atoms with Gasteiger partial charge in [0.2, 0.25) is 0 Å². The highest BCUT2D eigenvalue weighted by atomic mass is 35.5. The molecule has 2 rings (SSSR count). The SMILES string of the molecule is C[C@@H](Oc1ccc(Cl)cc1)C(=O)OCc1ccc(C(C)(C)C)cc1. The molecule has 0 aliphatic rings. The molecular formula is C20H23ClO3. The molecule has 3 nitrogen and oxygen atoms in total. The lowest BCUT2D eigenvalue weighted by atomic mass is 9.87. The predicted molar refractivity (Wildman–Crippen MR) is 96.5 cm³/mol. The first-order valence-corrected chi connectivity index (χ1v) is 8.32. The summed E-state index contributed by atoms with van der Waals surface area (Å²) < 4.78 is 10.9. The van der Waals surface area contributed by atoms with Gasteiger partial charge in [0.15, 0.2) is 6.10 Å². The van der Waals surface area contributed by atoms with Crippen LogP contribution in [0.1, 0.15) is 38.8 Å². The van der Waals surface area contributed by atoms with E-state index in [-0.39, 0.29) is 12.0 Å². The van der Waals surface area contributed by atoms with Crippen LogP contribution in [0.4, 0.5) is 0 Å². The largest absolute Gasteiger partial charge is 0.479 e. The van der Waals surface area contributed by atoms with Crippen molar-refractivity contribution in [2.45, 2.75) is 45.8 Å². The van der Waals surface area contributed by atoms with Gasteiger partial charge in [0.25, 0.3) is 0 Å². The fourth-order valence-corrected chi connectivity index (χ4v) is 2.26. The van der Waals surface area contributed by atoms with Crippen LogP contribution in [-0.4, -0.2) is 12.1 Å². The molecule has 0 aromatic heterocycles. The summed E-state index contributed by atoms with van der Waals surface area (Å²) in [6.45, 7) is 8.39. The first-order valence-electron chi connectivity index (χ1n) is 7.94. The van der Waals surface area contributed by atoms with Gasteiger partial charge in [-0.25, -0.2) is 4.79 Å². The van der Waals surface area contributed by atoms with Gasteiger partial charge in [0.05, 0.1) is 0 Å². The van der Waals surface area contributed by atoms with Crippen LogP contribution < -0.4 is 4.74 Å². The zero-order valence-corrected chi connectivity index (χ0v) is 15.3. The Morgan fingerprint density at radius 2 is 1.62 bits per heavy atom. The molecular weight excluding hydrogens is 324 g/mol. The van der Waals surface area contributed by atoms with Crippen molar-refractivity contribution in [3.63, 3.8) is 0 Å². The number of esters is 1. The van der Waals surface area contributed by atoms with E-state index < -0.39 is 12.1 Å². The first kappa shape index (κ1) is 18.3. The van der Waals surface area contributed by atoms with Crippen LogP contribution >= 0.6 is 11.6 Å². The number of ether oxygens (including phenoxy) is 2. The Bertz CT molecular complexity index is 670. The van der Waals surface area contributed by atoms with Gasteiger partial charge in [0, 0.05) is 5.02 Å². The number of benzene rings is 2. The van der Waals surface area contributed by atoms with Crippen molar-refractivity contribution < 1.29 is 14.3 Å². The predicted octanol–water partition coefficient (Wildman–Crippen LogP) is 5.15. The van der Waals surface area contributed by atoms with E-state index in [0.717, 1.165) is 5.56 Å². The topological polar surface area (TPSA) is 35.5 Å². The summed E-state index contributed by atoms with van der Waals surface area (Å²) in [6, 6.07) is 15.0. The molecule has 0 saturated carbocycles. The quantitative estimate of drug-likeness (QED) is 0.702. The van der Waals surface area contributed by atoms with Crippen LogP contribution in [0.25, 0.3) is 0 Å². The molecule has 0 spiro atoms. The number of halogens is 1. The summed E-state index contributed by atoms with van der Waals surface area (Å²) in [5.41, 5.74) is 2.31. The molecule has 0 saturated heterocycles. The number of carbonyl (C=O) groups excluding carboxylic acids is 1. The average molecular weight is 347 g/mol. The maximum Gasteiger partial charge on any atom is 0.347 e. The molecule has 0 aliphatic heterocycles. The molecule has 2 aromatic rings. The van der Waals surface area contributed by atoms with Crippen molar-refractivity contribution in [1.29, 1.82) is 0 Å². The number of rotatable bonds is 5. The highest BCUT2D eigenvalue weighted by molar-refractivity contribution is 6.30. The maximum absolute atomic E-state index is 12.0. The van der Waals surface area contributed by atoms with Crippen molar-refractivity contribution in [1.82, 2.24) is 0 Å². The van der Waals surface area contributed by atoms with Gasteiger partial charge < -0.3 is 9.47 Å². The molecule has 0 fully saturated rings. The van der Waals surface area contributed by atoms with Gasteiger partial charge in [-0.2, -0.15) is 0 Å². The Balaban J connectivity index is 1.86. The summed E-state index contributed by atoms with van der Waals surface area (Å²) >= 11 is 5.82. The van der Waals surface area contributed by atoms with Crippen molar-refractivity contribution >= 4 is 17.6 Å². The van der Waals surface area contributed by atoms with Gasteiger partial charge in [0.1, 0.15) is 12.4 Å². The lowest BCUT2D eigenvalue weighted by Gasteiger charge is -2.19. The molecule has 24 heavy (non-hydrogen) atoms. The molecule has 0 heterocycles. The highest BCUT2D eigenvalue weighted by Gasteiger charge is 2.17. The van der Waals surface area contributed by atoms with Gasteiger partial charge in [-0.15, -0.1) is 0 Å². The fourth-order valence-electron chi connectivity index (χ4n) is 2.14. The molecule has 0 unspecified atom stereocenters. The highest BCUT2D eigenvalue weighted by Crippen LogP contribution is 2.22. The minimum Gasteiger partial charge on any atom is -0.479 e. The van der Waals surface area contributed by atoms with Crippen LogP contribution in [0.2, 0.25) is 5.02 Å². The number of hydrogen-bond acceptors (Lipinski definition) is 3. The lowest BCUT2D eigenvalue weighted by molar-refractivity contribution is -0.152. The van der Waals surface area contributed by atoms with Crippen molar-refractivity contribution in [3.8, 4) is 5.75 Å². The van der Waals surface area contributed by atoms with E-state index in [1.54, 1.807) is 31.2 Å². The van der Waals surface area contributed by atoms with Gasteiger partial charge in [-0.1, -0.05) is 56.6 Å². The summed E-state index contributed by atoms with van der Waals surface area (Å²) in [7, 11) is 0. The van der Waals surface area contributed by atoms with Gasteiger partial charge in [-0.3, -0.25) is 0 Å². The molecule has 2 aromatic carbocycles. The summed E-state index contributed by atoms with van der Waals surface area (Å²) in [5, 5.41) is 0.622. The second kappa shape index (κ2) is 7.71. The van der Waals surface area contributed by atoms with Crippen LogP contribution in [0.5, 0.6) is 5.75 Å². The van der Waals surface area contributed by atoms with Crippen LogP contribution in [-0.2, 0) is 21.6 Å². The zero-order valence-electron chi connectivity index (χ0n) is 14.5. The smallest absolute Gasteiger partial charge is 0.347 e. The maximum atomic E-state index is 12.0. The third-order valence-corrected chi connectivity index (χ3v) is 3.91. The third kappa shape index (κ3) is 5.27. The van der Waals surface area contributed by atoms with Crippen molar-refractivity contribution in [2.75, 3.05) is 0 Å². The Kier molecular flexibility index (Phi) is 5.89. The van der Waals surface area contributed by atoms with Crippen LogP contribution in [0, 0.1) is 0 Å². The van der Waals surface area contributed by atoms with Crippen LogP contribution in [0.3, 0.4) is 0 Å². The molecule has 0 bridgehead atoms. The first-order chi connectivity index (χ1) is 11.3. The number of hydrogen-bond donors (Lipinski definition) is 0. The Hall–Kier alpha value is -2.00. The van der Waals surface area contributed by atoms with Crippen LogP contribution in [0.15, 0.2) is 48.5 Å². The molecule has 0 N–H and O–H groups in total. The normalized spacial score (nSPS) is 12.5. The molecule has 4 heteroatoms. The van der Waals surface area contributed by atoms with E-state index in [1.165, 1.54) is 5.56 Å². The number of carbonyl (C=O) groups is 1. The van der Waals surface area contributed by atoms with Gasteiger partial charge in [-0.05, 0) is 47.7 Å². The molecule has 128 valence electrons. The molecule has 0 amide bonds. The molecule has 0 aliphatic carbocycles. The second-order valence-corrected chi connectivity index (χ2v) is 7.21. The Morgan fingerprint density at radius 3 is 2.17 bits per heavy atom. The minimum atomic E-state index is -0.681. The standard InChI is InChI=1S/C20H23ClO3/c1-14(24-18-11-9-17(21)10-12-18)19(22)23-13-15-5-7-16(8-6-15)20(2,3)4/h5-12,14H,13H2,1-4H3/t14-/m1/s1. The minimum absolute atomic E-state index is 0.107. The second-order valence-electron chi connectivity index (χ2n) is 6.77. The lowest BCUT2D eigenvalue weighted by Crippen LogP contribution is -2.26. The summed E-state index contributed by atoms with van der Waals surface area (Å²) in [6.07, 6.45) is -0.681. The monoisotopic (exact) mass is 346 g/mol. The van der Waals surface area contributed by atoms with E-state index in [1.807, 2.05) is 12.1 Å². The van der Waals surface area contributed by atoms with Gasteiger partial charge >= 0.3 is 5.97 Å². The molecule has 1 atom stereocenters. The fraction of sp³-hybridized carbons (Fsp3) is 0.350. The molecule has 0 radical (unpaired) electrons. The van der Waals surface area contributed by atoms with E-state index >= 15 is 0 Å². The van der Waals surface area contributed by atoms with Crippen molar-refractivity contribution in [3.05, 3.63) is 64.7 Å².